The summed E-state index contributed by atoms with van der Waals surface area (Å²) in [6, 6.07) is -0.738. The Bertz CT molecular complexity index is 1160. The van der Waals surface area contributed by atoms with Gasteiger partial charge in [0.25, 0.3) is 11.5 Å². The lowest BCUT2D eigenvalue weighted by molar-refractivity contribution is -0.141. The molecule has 3 amide bonds. The van der Waals surface area contributed by atoms with Gasteiger partial charge in [-0.05, 0) is 62.7 Å². The lowest BCUT2D eigenvalue weighted by Gasteiger charge is -2.55. The molecule has 0 bridgehead atoms. The van der Waals surface area contributed by atoms with Crippen LogP contribution in [0.2, 0.25) is 0 Å². The summed E-state index contributed by atoms with van der Waals surface area (Å²) >= 11 is 0. The van der Waals surface area contributed by atoms with Gasteiger partial charge in [-0.15, -0.1) is 0 Å². The van der Waals surface area contributed by atoms with Gasteiger partial charge in [0.15, 0.2) is 0 Å². The van der Waals surface area contributed by atoms with E-state index in [4.69, 9.17) is 11.1 Å². The van der Waals surface area contributed by atoms with Crippen molar-refractivity contribution in [2.45, 2.75) is 75.9 Å². The molecule has 3 aliphatic carbocycles. The summed E-state index contributed by atoms with van der Waals surface area (Å²) in [4.78, 5) is 51.9. The maximum Gasteiger partial charge on any atom is 0.334 e. The zero-order valence-electron chi connectivity index (χ0n) is 18.7. The van der Waals surface area contributed by atoms with Gasteiger partial charge >= 0.3 is 11.7 Å². The van der Waals surface area contributed by atoms with Gasteiger partial charge in [-0.1, -0.05) is 6.42 Å². The predicted octanol–water partition coefficient (Wildman–Crippen LogP) is 0.615. The van der Waals surface area contributed by atoms with Crippen LogP contribution in [0.4, 0.5) is 4.79 Å². The van der Waals surface area contributed by atoms with E-state index in [0.717, 1.165) is 37.0 Å². The number of amides is 3. The topological polar surface area (TPSA) is 164 Å². The Kier molecular flexibility index (Phi) is 4.74. The molecule has 1 saturated heterocycles. The van der Waals surface area contributed by atoms with Crippen LogP contribution in [0.3, 0.4) is 0 Å². The molecular formula is C22H30N6O5. The van der Waals surface area contributed by atoms with Crippen LogP contribution in [0, 0.1) is 16.7 Å². The maximum absolute atomic E-state index is 13.3. The van der Waals surface area contributed by atoms with Crippen LogP contribution in [0.1, 0.15) is 69.4 Å². The first-order valence-electron chi connectivity index (χ1n) is 11.6. The summed E-state index contributed by atoms with van der Waals surface area (Å²) in [5, 5.41) is 21.2. The third-order valence-electron chi connectivity index (χ3n) is 8.38. The molecule has 0 unspecified atom stereocenters. The molecule has 3 saturated carbocycles. The number of carbonyl (C=O) groups excluding carboxylic acids is 2. The average Bonchev–Trinajstić information content (AvgIpc) is 2.91. The van der Waals surface area contributed by atoms with Crippen molar-refractivity contribution in [2.75, 3.05) is 7.05 Å². The molecule has 0 radical (unpaired) electrons. The normalized spacial score (nSPS) is 31.5. The van der Waals surface area contributed by atoms with Crippen molar-refractivity contribution in [3.05, 3.63) is 26.4 Å². The summed E-state index contributed by atoms with van der Waals surface area (Å²) in [6.45, 7) is 0.305. The van der Waals surface area contributed by atoms with Gasteiger partial charge < -0.3 is 16.2 Å². The molecule has 11 heteroatoms. The molecule has 1 aliphatic heterocycles. The molecule has 2 heterocycles. The summed E-state index contributed by atoms with van der Waals surface area (Å²) in [6.07, 6.45) is 6.69. The lowest BCUT2D eigenvalue weighted by atomic mass is 9.51. The molecule has 5 N–H and O–H groups in total. The number of nitrogens with zero attached hydrogens (tertiary/aromatic N) is 3. The number of rotatable bonds is 4. The first kappa shape index (κ1) is 21.7. The molecule has 5 rings (SSSR count). The summed E-state index contributed by atoms with van der Waals surface area (Å²) in [7, 11) is 1.48. The van der Waals surface area contributed by atoms with E-state index in [2.05, 4.69) is 5.32 Å². The van der Waals surface area contributed by atoms with Crippen LogP contribution in [0.15, 0.2) is 9.59 Å². The van der Waals surface area contributed by atoms with Crippen molar-refractivity contribution in [3.63, 3.8) is 0 Å². The minimum absolute atomic E-state index is 0.0977. The van der Waals surface area contributed by atoms with E-state index in [1.54, 1.807) is 0 Å². The molecule has 33 heavy (non-hydrogen) atoms. The van der Waals surface area contributed by atoms with Crippen molar-refractivity contribution in [2.24, 2.45) is 17.1 Å². The number of nitrogen functional groups attached to an aromatic ring is 1. The van der Waals surface area contributed by atoms with E-state index in [9.17, 15) is 24.3 Å². The average molecular weight is 459 g/mol. The zero-order valence-corrected chi connectivity index (χ0v) is 18.7. The van der Waals surface area contributed by atoms with Crippen LogP contribution < -0.4 is 22.3 Å². The highest BCUT2D eigenvalue weighted by atomic mass is 16.3. The molecule has 4 fully saturated rings. The first-order chi connectivity index (χ1) is 15.6. The van der Waals surface area contributed by atoms with E-state index in [-0.39, 0.29) is 34.9 Å². The fourth-order valence-corrected chi connectivity index (χ4v) is 6.36. The van der Waals surface area contributed by atoms with Gasteiger partial charge in [-0.2, -0.15) is 0 Å². The van der Waals surface area contributed by atoms with Crippen LogP contribution in [-0.4, -0.2) is 49.5 Å². The highest BCUT2D eigenvalue weighted by Crippen LogP contribution is 2.59. The summed E-state index contributed by atoms with van der Waals surface area (Å²) in [5.41, 5.74) is 3.10. The summed E-state index contributed by atoms with van der Waals surface area (Å²) in [5.74, 6) is -1.01. The standard InChI is InChI=1S/C22H30N6O5/c1-26-18(31)22(25-19(26)32)10-21(11-22)7-5-13(6-8-21)28-17(30)14(15(23)24)16(29)27(20(28)33)9-12-3-2-4-12/h12-13,29H,2-11H2,1H3,(H3,23,24)(H,25,32). The van der Waals surface area contributed by atoms with Crippen LogP contribution in [0.25, 0.3) is 0 Å². The quantitative estimate of drug-likeness (QED) is 0.293. The fraction of sp³-hybridized carbons (Fsp3) is 0.682. The van der Waals surface area contributed by atoms with Gasteiger partial charge in [0, 0.05) is 19.6 Å². The van der Waals surface area contributed by atoms with E-state index in [1.165, 1.54) is 16.2 Å². The van der Waals surface area contributed by atoms with E-state index in [0.29, 0.717) is 32.2 Å². The maximum atomic E-state index is 13.3. The van der Waals surface area contributed by atoms with Gasteiger partial charge in [0.05, 0.1) is 0 Å². The first-order valence-corrected chi connectivity index (χ1v) is 11.6. The van der Waals surface area contributed by atoms with E-state index < -0.39 is 28.5 Å². The molecule has 4 aliphatic rings. The molecule has 0 atom stereocenters. The number of imide groups is 1. The number of carbonyl (C=O) groups is 2. The number of nitrogens with two attached hydrogens (primary N) is 1. The minimum atomic E-state index is -0.814. The van der Waals surface area contributed by atoms with Crippen LogP contribution in [0.5, 0.6) is 5.88 Å². The van der Waals surface area contributed by atoms with Crippen molar-refractivity contribution in [1.29, 1.82) is 5.41 Å². The minimum Gasteiger partial charge on any atom is -0.494 e. The Balaban J connectivity index is 1.39. The Hall–Kier alpha value is -3.11. The number of urea groups is 1. The van der Waals surface area contributed by atoms with Gasteiger partial charge in [0.1, 0.15) is 16.9 Å². The number of hydrogen-bond donors (Lipinski definition) is 4. The van der Waals surface area contributed by atoms with E-state index >= 15 is 0 Å². The molecule has 178 valence electrons. The molecule has 0 aromatic carbocycles. The Morgan fingerprint density at radius 2 is 1.79 bits per heavy atom. The monoisotopic (exact) mass is 458 g/mol. The largest absolute Gasteiger partial charge is 0.494 e. The second-order valence-corrected chi connectivity index (χ2v) is 10.4. The van der Waals surface area contributed by atoms with Crippen LogP contribution >= 0.6 is 0 Å². The smallest absolute Gasteiger partial charge is 0.334 e. The van der Waals surface area contributed by atoms with E-state index in [1.807, 2.05) is 0 Å². The Labute approximate surface area is 190 Å². The van der Waals surface area contributed by atoms with Crippen molar-refractivity contribution in [1.82, 2.24) is 19.4 Å². The number of nitrogens with one attached hydrogen (secondary N) is 2. The highest BCUT2D eigenvalue weighted by Gasteiger charge is 2.64. The van der Waals surface area contributed by atoms with Gasteiger partial charge in [-0.3, -0.25) is 29.0 Å². The Morgan fingerprint density at radius 1 is 1.15 bits per heavy atom. The van der Waals surface area contributed by atoms with Crippen LogP contribution in [-0.2, 0) is 11.3 Å². The predicted molar refractivity (Wildman–Crippen MR) is 118 cm³/mol. The molecule has 11 nitrogen and oxygen atoms in total. The molecule has 1 aromatic rings. The van der Waals surface area contributed by atoms with Crippen molar-refractivity contribution in [3.8, 4) is 5.88 Å². The second-order valence-electron chi connectivity index (χ2n) is 10.4. The fourth-order valence-electron chi connectivity index (χ4n) is 6.36. The number of likely N-dealkylation sites (N-methyl/N-ethyl adjacent to an activating group) is 1. The number of amidine groups is 1. The SMILES string of the molecule is CN1C(=O)NC2(CC3(CCC(n4c(=O)c(C(=N)N)c(O)n(CC5CCC5)c4=O)CC3)C2)C1=O. The third-order valence-corrected chi connectivity index (χ3v) is 8.38. The molecule has 1 aromatic heterocycles. The zero-order chi connectivity index (χ0) is 23.7. The third kappa shape index (κ3) is 3.12. The van der Waals surface area contributed by atoms with Crippen molar-refractivity contribution < 1.29 is 14.7 Å². The highest BCUT2D eigenvalue weighted by molar-refractivity contribution is 6.07. The second kappa shape index (κ2) is 7.19. The van der Waals surface area contributed by atoms with Gasteiger partial charge in [-0.25, -0.2) is 9.59 Å². The lowest BCUT2D eigenvalue weighted by Crippen LogP contribution is -2.63. The number of aromatic hydroxyl groups is 1. The van der Waals surface area contributed by atoms with Crippen molar-refractivity contribution >= 4 is 17.8 Å². The molecular weight excluding hydrogens is 428 g/mol. The van der Waals surface area contributed by atoms with Gasteiger partial charge in [0.2, 0.25) is 5.88 Å². The summed E-state index contributed by atoms with van der Waals surface area (Å²) < 4.78 is 2.37. The molecule has 2 spiro atoms. The number of aromatic nitrogens is 2. The Morgan fingerprint density at radius 3 is 2.27 bits per heavy atom. The number of hydrogen-bond acceptors (Lipinski definition) is 6.